The SMILES string of the molecule is CCCN(CC)C(N)=O.NCOCN1CCCCC1. The number of nitrogens with zero attached hydrogens (tertiary/aromatic N) is 2. The van der Waals surface area contributed by atoms with E-state index in [4.69, 9.17) is 16.2 Å². The summed E-state index contributed by atoms with van der Waals surface area (Å²) in [5, 5.41) is 0. The topological polar surface area (TPSA) is 84.8 Å². The highest BCUT2D eigenvalue weighted by Gasteiger charge is 2.08. The van der Waals surface area contributed by atoms with Crippen molar-refractivity contribution in [3.8, 4) is 0 Å². The minimum absolute atomic E-state index is 0.320. The Hall–Kier alpha value is -0.850. The lowest BCUT2D eigenvalue weighted by Crippen LogP contribution is -2.35. The number of ether oxygens (including phenoxy) is 1. The third-order valence-corrected chi connectivity index (χ3v) is 3.03. The maximum atomic E-state index is 10.5. The maximum Gasteiger partial charge on any atom is 0.314 e. The van der Waals surface area contributed by atoms with E-state index >= 15 is 0 Å². The molecule has 0 aromatic carbocycles. The van der Waals surface area contributed by atoms with Crippen molar-refractivity contribution in [1.29, 1.82) is 0 Å². The Kier molecular flexibility index (Phi) is 11.7. The monoisotopic (exact) mass is 274 g/mol. The number of urea groups is 1. The van der Waals surface area contributed by atoms with Crippen molar-refractivity contribution in [2.24, 2.45) is 11.5 Å². The molecule has 6 heteroatoms. The molecule has 1 fully saturated rings. The summed E-state index contributed by atoms with van der Waals surface area (Å²) in [5.74, 6) is 0. The highest BCUT2D eigenvalue weighted by atomic mass is 16.5. The molecule has 0 atom stereocenters. The van der Waals surface area contributed by atoms with Gasteiger partial charge >= 0.3 is 6.03 Å². The quantitative estimate of drug-likeness (QED) is 0.712. The Balaban J connectivity index is 0.000000344. The molecule has 0 unspecified atom stereocenters. The second-order valence-electron chi connectivity index (χ2n) is 4.60. The molecule has 0 spiro atoms. The molecule has 1 rings (SSSR count). The van der Waals surface area contributed by atoms with Gasteiger partial charge in [0.1, 0.15) is 6.73 Å². The molecule has 0 aromatic heterocycles. The normalized spacial score (nSPS) is 15.5. The molecule has 0 saturated carbocycles. The van der Waals surface area contributed by atoms with E-state index in [1.807, 2.05) is 13.8 Å². The van der Waals surface area contributed by atoms with Crippen molar-refractivity contribution >= 4 is 6.03 Å². The Morgan fingerprint density at radius 3 is 2.26 bits per heavy atom. The van der Waals surface area contributed by atoms with E-state index in [1.54, 1.807) is 4.90 Å². The fourth-order valence-electron chi connectivity index (χ4n) is 1.96. The molecule has 1 saturated heterocycles. The van der Waals surface area contributed by atoms with Crippen LogP contribution in [-0.4, -0.2) is 55.5 Å². The minimum atomic E-state index is -0.320. The Morgan fingerprint density at radius 1 is 1.26 bits per heavy atom. The van der Waals surface area contributed by atoms with E-state index in [2.05, 4.69) is 4.90 Å². The van der Waals surface area contributed by atoms with Gasteiger partial charge in [-0.3, -0.25) is 4.90 Å². The Labute approximate surface area is 117 Å². The van der Waals surface area contributed by atoms with Crippen LogP contribution < -0.4 is 11.5 Å². The molecule has 1 aliphatic heterocycles. The zero-order valence-electron chi connectivity index (χ0n) is 12.4. The molecule has 114 valence electrons. The van der Waals surface area contributed by atoms with Gasteiger partial charge in [-0.05, 0) is 26.2 Å². The van der Waals surface area contributed by atoms with E-state index in [-0.39, 0.29) is 6.03 Å². The van der Waals surface area contributed by atoms with Crippen molar-refractivity contribution in [2.45, 2.75) is 39.5 Å². The number of nitrogens with two attached hydrogens (primary N) is 2. The first-order valence-corrected chi connectivity index (χ1v) is 7.20. The molecule has 19 heavy (non-hydrogen) atoms. The van der Waals surface area contributed by atoms with Crippen molar-refractivity contribution in [3.05, 3.63) is 0 Å². The van der Waals surface area contributed by atoms with E-state index in [0.717, 1.165) is 19.7 Å². The largest absolute Gasteiger partial charge is 0.351 e. The first-order chi connectivity index (χ1) is 9.15. The molecular weight excluding hydrogens is 244 g/mol. The van der Waals surface area contributed by atoms with Gasteiger partial charge in [-0.1, -0.05) is 13.3 Å². The molecular formula is C13H30N4O2. The van der Waals surface area contributed by atoms with Gasteiger partial charge in [0.15, 0.2) is 0 Å². The zero-order valence-corrected chi connectivity index (χ0v) is 12.4. The van der Waals surface area contributed by atoms with Crippen molar-refractivity contribution in [3.63, 3.8) is 0 Å². The predicted octanol–water partition coefficient (Wildman–Crippen LogP) is 1.16. The average Bonchev–Trinajstić information content (AvgIpc) is 2.44. The van der Waals surface area contributed by atoms with Gasteiger partial charge < -0.3 is 21.1 Å². The number of primary amides is 1. The summed E-state index contributed by atoms with van der Waals surface area (Å²) in [6.07, 6.45) is 4.97. The maximum absolute atomic E-state index is 10.5. The highest BCUT2D eigenvalue weighted by molar-refractivity contribution is 5.71. The molecule has 1 aliphatic rings. The Bertz CT molecular complexity index is 221. The van der Waals surface area contributed by atoms with E-state index in [9.17, 15) is 4.79 Å². The summed E-state index contributed by atoms with van der Waals surface area (Å²) in [6.45, 7) is 8.84. The van der Waals surface area contributed by atoms with Crippen LogP contribution in [0.5, 0.6) is 0 Å². The first-order valence-electron chi connectivity index (χ1n) is 7.20. The number of likely N-dealkylation sites (tertiary alicyclic amines) is 1. The van der Waals surface area contributed by atoms with Crippen molar-refractivity contribution < 1.29 is 9.53 Å². The van der Waals surface area contributed by atoms with E-state index in [1.165, 1.54) is 32.4 Å². The molecule has 0 aliphatic carbocycles. The molecule has 2 amide bonds. The van der Waals surface area contributed by atoms with Gasteiger partial charge in [0.2, 0.25) is 0 Å². The summed E-state index contributed by atoms with van der Waals surface area (Å²) in [6, 6.07) is -0.320. The van der Waals surface area contributed by atoms with Crippen LogP contribution in [0.3, 0.4) is 0 Å². The lowest BCUT2D eigenvalue weighted by molar-refractivity contribution is 0.0221. The number of rotatable bonds is 6. The van der Waals surface area contributed by atoms with Crippen LogP contribution in [-0.2, 0) is 4.74 Å². The van der Waals surface area contributed by atoms with Crippen molar-refractivity contribution in [2.75, 3.05) is 39.6 Å². The molecule has 6 nitrogen and oxygen atoms in total. The van der Waals surface area contributed by atoms with Crippen LogP contribution in [0.15, 0.2) is 0 Å². The fraction of sp³-hybridized carbons (Fsp3) is 0.923. The number of carbonyl (C=O) groups excluding carboxylic acids is 1. The van der Waals surface area contributed by atoms with Gasteiger partial charge in [-0.25, -0.2) is 4.79 Å². The summed E-state index contributed by atoms with van der Waals surface area (Å²) in [5.41, 5.74) is 10.2. The van der Waals surface area contributed by atoms with Crippen LogP contribution in [0, 0.1) is 0 Å². The first kappa shape index (κ1) is 18.1. The van der Waals surface area contributed by atoms with Crippen LogP contribution in [0.1, 0.15) is 39.5 Å². The number of carbonyl (C=O) groups is 1. The van der Waals surface area contributed by atoms with Crippen molar-refractivity contribution in [1.82, 2.24) is 9.80 Å². The summed E-state index contributed by atoms with van der Waals surface area (Å²) in [7, 11) is 0. The third kappa shape index (κ3) is 9.69. The van der Waals surface area contributed by atoms with Crippen LogP contribution in [0.4, 0.5) is 4.79 Å². The lowest BCUT2D eigenvalue weighted by atomic mass is 10.1. The predicted molar refractivity (Wildman–Crippen MR) is 77.6 cm³/mol. The van der Waals surface area contributed by atoms with Gasteiger partial charge in [-0.15, -0.1) is 0 Å². The second-order valence-corrected chi connectivity index (χ2v) is 4.60. The van der Waals surface area contributed by atoms with E-state index < -0.39 is 0 Å². The molecule has 0 aromatic rings. The molecule has 1 heterocycles. The van der Waals surface area contributed by atoms with Gasteiger partial charge in [-0.2, -0.15) is 0 Å². The van der Waals surface area contributed by atoms with Gasteiger partial charge in [0, 0.05) is 26.2 Å². The smallest absolute Gasteiger partial charge is 0.314 e. The summed E-state index contributed by atoms with van der Waals surface area (Å²) >= 11 is 0. The number of piperidine rings is 1. The second kappa shape index (κ2) is 12.2. The lowest BCUT2D eigenvalue weighted by Gasteiger charge is -2.25. The summed E-state index contributed by atoms with van der Waals surface area (Å²) < 4.78 is 5.08. The fourth-order valence-corrected chi connectivity index (χ4v) is 1.96. The van der Waals surface area contributed by atoms with Crippen LogP contribution in [0.25, 0.3) is 0 Å². The van der Waals surface area contributed by atoms with Gasteiger partial charge in [0.05, 0.1) is 6.73 Å². The highest BCUT2D eigenvalue weighted by Crippen LogP contribution is 2.07. The molecule has 4 N–H and O–H groups in total. The van der Waals surface area contributed by atoms with Gasteiger partial charge in [0.25, 0.3) is 0 Å². The standard InChI is InChI=1S/C7H16N2O.C6H14N2O/c8-6-10-7-9-4-2-1-3-5-9;1-3-5-8(4-2)6(7)9/h1-8H2;3-5H2,1-2H3,(H2,7,9). The number of hydrogen-bond acceptors (Lipinski definition) is 4. The minimum Gasteiger partial charge on any atom is -0.351 e. The summed E-state index contributed by atoms with van der Waals surface area (Å²) in [4.78, 5) is 14.4. The van der Waals surface area contributed by atoms with E-state index in [0.29, 0.717) is 13.3 Å². The number of amides is 2. The molecule has 0 bridgehead atoms. The average molecular weight is 274 g/mol. The van der Waals surface area contributed by atoms with Crippen LogP contribution >= 0.6 is 0 Å². The third-order valence-electron chi connectivity index (χ3n) is 3.03. The van der Waals surface area contributed by atoms with Crippen LogP contribution in [0.2, 0.25) is 0 Å². The number of hydrogen-bond donors (Lipinski definition) is 2. The molecule has 0 radical (unpaired) electrons. The Morgan fingerprint density at radius 2 is 1.89 bits per heavy atom. The zero-order chi connectivity index (χ0) is 14.5.